The van der Waals surface area contributed by atoms with Crippen LogP contribution in [0.15, 0.2) is 18.2 Å². The molecule has 0 saturated carbocycles. The van der Waals surface area contributed by atoms with Gasteiger partial charge in [0.25, 0.3) is 0 Å². The Bertz CT molecular complexity index is 168. The van der Waals surface area contributed by atoms with Gasteiger partial charge in [-0.1, -0.05) is 52.5 Å². The molecule has 1 rings (SSSR count). The van der Waals surface area contributed by atoms with E-state index in [9.17, 15) is 0 Å². The first-order valence-electron chi connectivity index (χ1n) is 2.49. The fourth-order valence-electron chi connectivity index (χ4n) is 0.513. The van der Waals surface area contributed by atoms with Gasteiger partial charge in [-0.25, -0.2) is 0 Å². The van der Waals surface area contributed by atoms with E-state index in [1.54, 1.807) is 6.08 Å². The standard InChI is InChI=1S/C6H3Cl4/c7-5(8)3-1-2-4-6(5,9)10/h1,3-4H. The second-order valence-corrected chi connectivity index (χ2v) is 4.66. The molecule has 0 aromatic heterocycles. The van der Waals surface area contributed by atoms with Gasteiger partial charge in [0.15, 0.2) is 8.67 Å². The van der Waals surface area contributed by atoms with E-state index in [4.69, 9.17) is 46.4 Å². The normalized spacial score (nSPS) is 26.8. The summed E-state index contributed by atoms with van der Waals surface area (Å²) in [4.78, 5) is 0. The van der Waals surface area contributed by atoms with E-state index < -0.39 is 8.67 Å². The second kappa shape index (κ2) is 2.60. The topological polar surface area (TPSA) is 0 Å². The van der Waals surface area contributed by atoms with Crippen molar-refractivity contribution in [1.29, 1.82) is 0 Å². The number of rotatable bonds is 0. The van der Waals surface area contributed by atoms with Crippen LogP contribution in [0.25, 0.3) is 0 Å². The van der Waals surface area contributed by atoms with Crippen molar-refractivity contribution in [2.75, 3.05) is 0 Å². The lowest BCUT2D eigenvalue weighted by Gasteiger charge is -2.28. The SMILES string of the molecule is ClC1(Cl)C=[C]C=CC1(Cl)Cl. The highest BCUT2D eigenvalue weighted by Gasteiger charge is 2.44. The lowest BCUT2D eigenvalue weighted by atomic mass is 10.2. The van der Waals surface area contributed by atoms with Crippen LogP contribution in [0.2, 0.25) is 0 Å². The Hall–Kier alpha value is 0.640. The first-order valence-corrected chi connectivity index (χ1v) is 4.01. The average Bonchev–Trinajstić information content (AvgIpc) is 1.77. The van der Waals surface area contributed by atoms with E-state index in [-0.39, 0.29) is 0 Å². The third kappa shape index (κ3) is 1.45. The molecule has 4 heteroatoms. The van der Waals surface area contributed by atoms with Gasteiger partial charge in [-0.05, 0) is 18.2 Å². The van der Waals surface area contributed by atoms with Crippen LogP contribution in [0.5, 0.6) is 0 Å². The van der Waals surface area contributed by atoms with Crippen molar-refractivity contribution in [3.8, 4) is 0 Å². The molecule has 0 bridgehead atoms. The molecule has 0 amide bonds. The van der Waals surface area contributed by atoms with Gasteiger partial charge in [0.2, 0.25) is 0 Å². The van der Waals surface area contributed by atoms with Crippen LogP contribution < -0.4 is 0 Å². The molecule has 0 saturated heterocycles. The monoisotopic (exact) mass is 215 g/mol. The molecule has 0 atom stereocenters. The van der Waals surface area contributed by atoms with Crippen LogP contribution in [0.4, 0.5) is 0 Å². The Morgan fingerprint density at radius 3 is 1.90 bits per heavy atom. The van der Waals surface area contributed by atoms with Crippen LogP contribution in [0.3, 0.4) is 0 Å². The van der Waals surface area contributed by atoms with E-state index in [2.05, 4.69) is 6.08 Å². The number of hydrogen-bond acceptors (Lipinski definition) is 0. The maximum Gasteiger partial charge on any atom is 0.173 e. The number of alkyl halides is 4. The Balaban J connectivity index is 2.96. The first kappa shape index (κ1) is 8.73. The van der Waals surface area contributed by atoms with Crippen molar-refractivity contribution in [3.63, 3.8) is 0 Å². The van der Waals surface area contributed by atoms with Crippen LogP contribution in [0, 0.1) is 6.08 Å². The Labute approximate surface area is 79.4 Å². The summed E-state index contributed by atoms with van der Waals surface area (Å²) in [5.41, 5.74) is 0. The lowest BCUT2D eigenvalue weighted by Crippen LogP contribution is -2.33. The Morgan fingerprint density at radius 1 is 1.00 bits per heavy atom. The van der Waals surface area contributed by atoms with Crippen molar-refractivity contribution < 1.29 is 0 Å². The second-order valence-electron chi connectivity index (χ2n) is 1.89. The Kier molecular flexibility index (Phi) is 2.27. The molecule has 0 nitrogen and oxygen atoms in total. The molecule has 0 unspecified atom stereocenters. The minimum Gasteiger partial charge on any atom is -0.0932 e. The van der Waals surface area contributed by atoms with Crippen molar-refractivity contribution in [3.05, 3.63) is 24.3 Å². The zero-order chi connectivity index (χ0) is 7.83. The van der Waals surface area contributed by atoms with E-state index >= 15 is 0 Å². The summed E-state index contributed by atoms with van der Waals surface area (Å²) in [5, 5.41) is 0. The van der Waals surface area contributed by atoms with Crippen LogP contribution in [-0.4, -0.2) is 8.67 Å². The summed E-state index contributed by atoms with van der Waals surface area (Å²) in [5.74, 6) is 0. The summed E-state index contributed by atoms with van der Waals surface area (Å²) in [7, 11) is 0. The average molecular weight is 217 g/mol. The molecule has 0 spiro atoms. The predicted octanol–water partition coefficient (Wildman–Crippen LogP) is 3.26. The third-order valence-corrected chi connectivity index (χ3v) is 3.15. The fourth-order valence-corrected chi connectivity index (χ4v) is 1.000. The number of allylic oxidation sites excluding steroid dienone is 4. The summed E-state index contributed by atoms with van der Waals surface area (Å²) >= 11 is 22.8. The molecule has 10 heavy (non-hydrogen) atoms. The van der Waals surface area contributed by atoms with Crippen LogP contribution in [-0.2, 0) is 0 Å². The maximum absolute atomic E-state index is 5.71. The van der Waals surface area contributed by atoms with E-state index in [1.165, 1.54) is 12.2 Å². The molecule has 0 N–H and O–H groups in total. The van der Waals surface area contributed by atoms with Crippen LogP contribution >= 0.6 is 46.4 Å². The summed E-state index contributed by atoms with van der Waals surface area (Å²) < 4.78 is -2.52. The Morgan fingerprint density at radius 2 is 1.60 bits per heavy atom. The predicted molar refractivity (Wildman–Crippen MR) is 45.8 cm³/mol. The van der Waals surface area contributed by atoms with Gasteiger partial charge in [-0.15, -0.1) is 0 Å². The molecule has 0 aliphatic heterocycles. The van der Waals surface area contributed by atoms with Gasteiger partial charge in [0.1, 0.15) is 0 Å². The molecule has 0 heterocycles. The highest BCUT2D eigenvalue weighted by Crippen LogP contribution is 2.46. The van der Waals surface area contributed by atoms with Gasteiger partial charge < -0.3 is 0 Å². The maximum atomic E-state index is 5.71. The van der Waals surface area contributed by atoms with Gasteiger partial charge in [0.05, 0.1) is 0 Å². The van der Waals surface area contributed by atoms with E-state index in [0.717, 1.165) is 0 Å². The molecule has 1 aliphatic carbocycles. The van der Waals surface area contributed by atoms with Gasteiger partial charge in [0, 0.05) is 0 Å². The quantitative estimate of drug-likeness (QED) is 0.546. The van der Waals surface area contributed by atoms with Crippen molar-refractivity contribution in [2.45, 2.75) is 8.67 Å². The molecule has 0 aromatic rings. The molecule has 55 valence electrons. The number of hydrogen-bond donors (Lipinski definition) is 0. The highest BCUT2D eigenvalue weighted by molar-refractivity contribution is 6.64. The van der Waals surface area contributed by atoms with Crippen molar-refractivity contribution in [2.24, 2.45) is 0 Å². The largest absolute Gasteiger partial charge is 0.173 e. The van der Waals surface area contributed by atoms with Gasteiger partial charge in [-0.3, -0.25) is 0 Å². The van der Waals surface area contributed by atoms with E-state index in [1.807, 2.05) is 0 Å². The molecular weight excluding hydrogens is 214 g/mol. The fraction of sp³-hybridized carbons (Fsp3) is 0.333. The van der Waals surface area contributed by atoms with Crippen molar-refractivity contribution in [1.82, 2.24) is 0 Å². The molecule has 1 aliphatic rings. The molecular formula is C6H3Cl4. The third-order valence-electron chi connectivity index (χ3n) is 1.10. The van der Waals surface area contributed by atoms with Crippen LogP contribution in [0.1, 0.15) is 0 Å². The highest BCUT2D eigenvalue weighted by atomic mass is 35.5. The van der Waals surface area contributed by atoms with Crippen molar-refractivity contribution >= 4 is 46.4 Å². The zero-order valence-electron chi connectivity index (χ0n) is 4.74. The zero-order valence-corrected chi connectivity index (χ0v) is 7.77. The molecule has 0 fully saturated rings. The summed E-state index contributed by atoms with van der Waals surface area (Å²) in [6.45, 7) is 0. The van der Waals surface area contributed by atoms with E-state index in [0.29, 0.717) is 0 Å². The van der Waals surface area contributed by atoms with Gasteiger partial charge in [-0.2, -0.15) is 0 Å². The van der Waals surface area contributed by atoms with Gasteiger partial charge >= 0.3 is 0 Å². The lowest BCUT2D eigenvalue weighted by molar-refractivity contribution is 0.892. The first-order chi connectivity index (χ1) is 4.46. The summed E-state index contributed by atoms with van der Waals surface area (Å²) in [6, 6.07) is 0. The minimum absolute atomic E-state index is 1.25. The minimum atomic E-state index is -1.27. The molecule has 1 radical (unpaired) electrons. The number of halogens is 4. The summed E-state index contributed by atoms with van der Waals surface area (Å²) in [6.07, 6.45) is 7.16. The smallest absolute Gasteiger partial charge is 0.0932 e. The molecule has 0 aromatic carbocycles.